The molecule has 0 saturated carbocycles. The maximum Gasteiger partial charge on any atom is 0.258 e. The number of piperidine rings is 1. The number of carbonyl (C=O) groups is 1. The molecule has 2 aromatic carbocycles. The van der Waals surface area contributed by atoms with Gasteiger partial charge in [-0.3, -0.25) is 4.79 Å². The zero-order valence-corrected chi connectivity index (χ0v) is 20.9. The standard InChI is InChI=1S/C26H36ClN3O3/c1-5-32-24-15-19(9-12-23(24)33-18-25(31)29-26(2,3)4)17-28-20-10-11-22(21(27)16-20)30-13-7-6-8-14-30/h9-12,15-16,28H,5-8,13-14,17-18H2,1-4H3,(H,29,31). The van der Waals surface area contributed by atoms with E-state index in [-0.39, 0.29) is 18.1 Å². The lowest BCUT2D eigenvalue weighted by atomic mass is 10.1. The third kappa shape index (κ3) is 7.74. The maximum atomic E-state index is 12.1. The summed E-state index contributed by atoms with van der Waals surface area (Å²) in [5.74, 6) is 1.01. The van der Waals surface area contributed by atoms with Crippen molar-refractivity contribution in [3.63, 3.8) is 0 Å². The second-order valence-electron chi connectivity index (χ2n) is 9.37. The largest absolute Gasteiger partial charge is 0.490 e. The number of halogens is 1. The molecule has 1 fully saturated rings. The zero-order chi connectivity index (χ0) is 23.8. The molecule has 0 unspecified atom stereocenters. The minimum atomic E-state index is -0.298. The summed E-state index contributed by atoms with van der Waals surface area (Å²) in [5, 5.41) is 7.10. The number of hydrogen-bond acceptors (Lipinski definition) is 5. The summed E-state index contributed by atoms with van der Waals surface area (Å²) in [6.45, 7) is 10.9. The molecule has 3 rings (SSSR count). The van der Waals surface area contributed by atoms with Gasteiger partial charge in [-0.1, -0.05) is 17.7 Å². The van der Waals surface area contributed by atoms with Crippen LogP contribution in [0.1, 0.15) is 52.5 Å². The Labute approximate surface area is 202 Å². The highest BCUT2D eigenvalue weighted by molar-refractivity contribution is 6.33. The summed E-state index contributed by atoms with van der Waals surface area (Å²) in [7, 11) is 0. The van der Waals surface area contributed by atoms with Crippen LogP contribution in [0, 0.1) is 0 Å². The van der Waals surface area contributed by atoms with E-state index in [1.807, 2.05) is 52.0 Å². The summed E-state index contributed by atoms with van der Waals surface area (Å²) >= 11 is 6.58. The van der Waals surface area contributed by atoms with Crippen LogP contribution >= 0.6 is 11.6 Å². The number of ether oxygens (including phenoxy) is 2. The van der Waals surface area contributed by atoms with Crippen molar-refractivity contribution in [2.24, 2.45) is 0 Å². The Balaban J connectivity index is 1.61. The molecule has 0 spiro atoms. The second-order valence-corrected chi connectivity index (χ2v) is 9.78. The average molecular weight is 474 g/mol. The summed E-state index contributed by atoms with van der Waals surface area (Å²) in [6.07, 6.45) is 3.74. The fraction of sp³-hybridized carbons (Fsp3) is 0.500. The molecule has 180 valence electrons. The molecule has 0 aliphatic carbocycles. The van der Waals surface area contributed by atoms with E-state index in [2.05, 4.69) is 27.7 Å². The molecule has 33 heavy (non-hydrogen) atoms. The topological polar surface area (TPSA) is 62.8 Å². The number of amides is 1. The highest BCUT2D eigenvalue weighted by Gasteiger charge is 2.16. The lowest BCUT2D eigenvalue weighted by Gasteiger charge is -2.29. The first-order chi connectivity index (χ1) is 15.7. The Morgan fingerprint density at radius 2 is 1.79 bits per heavy atom. The van der Waals surface area contributed by atoms with Gasteiger partial charge in [0, 0.05) is 30.9 Å². The van der Waals surface area contributed by atoms with Gasteiger partial charge in [-0.2, -0.15) is 0 Å². The molecule has 0 aromatic heterocycles. The number of anilines is 2. The molecular weight excluding hydrogens is 438 g/mol. The Morgan fingerprint density at radius 3 is 2.45 bits per heavy atom. The van der Waals surface area contributed by atoms with Crippen LogP contribution in [0.25, 0.3) is 0 Å². The third-order valence-electron chi connectivity index (χ3n) is 5.32. The van der Waals surface area contributed by atoms with Crippen LogP contribution < -0.4 is 25.0 Å². The molecule has 0 radical (unpaired) electrons. The van der Waals surface area contributed by atoms with Gasteiger partial charge in [0.2, 0.25) is 0 Å². The van der Waals surface area contributed by atoms with Crippen LogP contribution in [-0.2, 0) is 11.3 Å². The van der Waals surface area contributed by atoms with Gasteiger partial charge in [-0.05, 0) is 82.9 Å². The monoisotopic (exact) mass is 473 g/mol. The fourth-order valence-corrected chi connectivity index (χ4v) is 4.16. The fourth-order valence-electron chi connectivity index (χ4n) is 3.86. The molecule has 2 N–H and O–H groups in total. The molecule has 2 aromatic rings. The predicted octanol–water partition coefficient (Wildman–Crippen LogP) is 5.63. The van der Waals surface area contributed by atoms with Crippen LogP contribution in [0.5, 0.6) is 11.5 Å². The SMILES string of the molecule is CCOc1cc(CNc2ccc(N3CCCCC3)c(Cl)c2)ccc1OCC(=O)NC(C)(C)C. The van der Waals surface area contributed by atoms with E-state index in [9.17, 15) is 4.79 Å². The highest BCUT2D eigenvalue weighted by Crippen LogP contribution is 2.32. The Hall–Kier alpha value is -2.60. The molecule has 0 atom stereocenters. The summed E-state index contributed by atoms with van der Waals surface area (Å²) in [5.41, 5.74) is 2.82. The van der Waals surface area contributed by atoms with Gasteiger partial charge in [0.15, 0.2) is 18.1 Å². The summed E-state index contributed by atoms with van der Waals surface area (Å²) in [4.78, 5) is 14.4. The normalized spacial score (nSPS) is 14.0. The Kier molecular flexibility index (Phi) is 8.73. The van der Waals surface area contributed by atoms with Gasteiger partial charge in [0.05, 0.1) is 17.3 Å². The van der Waals surface area contributed by atoms with E-state index in [1.54, 1.807) is 0 Å². The predicted molar refractivity (Wildman–Crippen MR) is 136 cm³/mol. The van der Waals surface area contributed by atoms with Gasteiger partial charge in [0.1, 0.15) is 0 Å². The Bertz CT molecular complexity index is 937. The molecule has 1 heterocycles. The van der Waals surface area contributed by atoms with E-state index in [0.29, 0.717) is 24.7 Å². The van der Waals surface area contributed by atoms with Crippen molar-refractivity contribution in [1.82, 2.24) is 5.32 Å². The first kappa shape index (κ1) is 25.0. The van der Waals surface area contributed by atoms with Crippen LogP contribution in [0.3, 0.4) is 0 Å². The van der Waals surface area contributed by atoms with E-state index in [1.165, 1.54) is 19.3 Å². The van der Waals surface area contributed by atoms with Gasteiger partial charge in [-0.15, -0.1) is 0 Å². The lowest BCUT2D eigenvalue weighted by molar-refractivity contribution is -0.124. The van der Waals surface area contributed by atoms with Crippen molar-refractivity contribution in [3.05, 3.63) is 47.0 Å². The number of carbonyl (C=O) groups excluding carboxylic acids is 1. The quantitative estimate of drug-likeness (QED) is 0.493. The molecule has 7 heteroatoms. The first-order valence-corrected chi connectivity index (χ1v) is 12.1. The second kappa shape index (κ2) is 11.5. The van der Waals surface area contributed by atoms with Gasteiger partial charge < -0.3 is 25.0 Å². The van der Waals surface area contributed by atoms with Gasteiger partial charge in [0.25, 0.3) is 5.91 Å². The number of hydrogen-bond donors (Lipinski definition) is 2. The molecule has 6 nitrogen and oxygen atoms in total. The van der Waals surface area contributed by atoms with Gasteiger partial charge >= 0.3 is 0 Å². The minimum Gasteiger partial charge on any atom is -0.490 e. The number of rotatable bonds is 9. The van der Waals surface area contributed by atoms with Crippen LogP contribution in [0.15, 0.2) is 36.4 Å². The van der Waals surface area contributed by atoms with Crippen molar-refractivity contribution in [2.75, 3.05) is 36.5 Å². The maximum absolute atomic E-state index is 12.1. The van der Waals surface area contributed by atoms with Crippen molar-refractivity contribution in [1.29, 1.82) is 0 Å². The number of nitrogens with zero attached hydrogens (tertiary/aromatic N) is 1. The summed E-state index contributed by atoms with van der Waals surface area (Å²) in [6, 6.07) is 11.9. The van der Waals surface area contributed by atoms with Crippen LogP contribution in [-0.4, -0.2) is 37.7 Å². The van der Waals surface area contributed by atoms with E-state index in [0.717, 1.165) is 35.1 Å². The zero-order valence-electron chi connectivity index (χ0n) is 20.2. The van der Waals surface area contributed by atoms with Crippen molar-refractivity contribution in [2.45, 2.75) is 59.0 Å². The van der Waals surface area contributed by atoms with Crippen LogP contribution in [0.4, 0.5) is 11.4 Å². The smallest absolute Gasteiger partial charge is 0.258 e. The van der Waals surface area contributed by atoms with Crippen LogP contribution in [0.2, 0.25) is 5.02 Å². The molecule has 1 aliphatic heterocycles. The molecular formula is C26H36ClN3O3. The Morgan fingerprint density at radius 1 is 1.03 bits per heavy atom. The van der Waals surface area contributed by atoms with E-state index >= 15 is 0 Å². The first-order valence-electron chi connectivity index (χ1n) is 11.7. The van der Waals surface area contributed by atoms with Crippen molar-refractivity contribution >= 4 is 28.9 Å². The van der Waals surface area contributed by atoms with Crippen molar-refractivity contribution in [3.8, 4) is 11.5 Å². The molecule has 1 aliphatic rings. The number of benzene rings is 2. The minimum absolute atomic E-state index is 0.0587. The van der Waals surface area contributed by atoms with Gasteiger partial charge in [-0.25, -0.2) is 0 Å². The molecule has 0 bridgehead atoms. The van der Waals surface area contributed by atoms with E-state index < -0.39 is 0 Å². The number of nitrogens with one attached hydrogen (secondary N) is 2. The third-order valence-corrected chi connectivity index (χ3v) is 5.62. The molecule has 1 saturated heterocycles. The van der Waals surface area contributed by atoms with Crippen molar-refractivity contribution < 1.29 is 14.3 Å². The average Bonchev–Trinajstić information content (AvgIpc) is 2.77. The summed E-state index contributed by atoms with van der Waals surface area (Å²) < 4.78 is 11.5. The molecule has 1 amide bonds. The lowest BCUT2D eigenvalue weighted by Crippen LogP contribution is -2.43. The highest BCUT2D eigenvalue weighted by atomic mass is 35.5. The van der Waals surface area contributed by atoms with E-state index in [4.69, 9.17) is 21.1 Å².